The van der Waals surface area contributed by atoms with Crippen LogP contribution in [0.4, 0.5) is 0 Å². The molecule has 198 valence electrons. The number of nitrogens with zero attached hydrogens (tertiary/aromatic N) is 3. The Bertz CT molecular complexity index is 1790. The normalized spacial score (nSPS) is 17.2. The summed E-state index contributed by atoms with van der Waals surface area (Å²) in [5.41, 5.74) is 11.4. The molecule has 0 fully saturated rings. The molecule has 3 heteroatoms. The summed E-state index contributed by atoms with van der Waals surface area (Å²) >= 11 is 0. The SMILES string of the molecule is CC1(C)CC(C)(C)c2cc(-c3nc(-c4ccccc4)nc(-c4ccc5c(c4)C(C)(C)c4ccccc4-5)n3)ccc21. The standard InChI is InChI=1S/C37H35N3/c1-35(2)22-36(3,4)31-21-25(17-19-29(31)35)34-39-32(23-12-8-7-9-13-23)38-33(40-34)24-16-18-27-26-14-10-11-15-28(26)37(5,6)30(27)20-24/h7-21H,22H2,1-6H3. The lowest BCUT2D eigenvalue weighted by molar-refractivity contribution is 0.403. The Hall–Kier alpha value is -4.11. The average molecular weight is 522 g/mol. The summed E-state index contributed by atoms with van der Waals surface area (Å²) in [4.78, 5) is 15.2. The number of fused-ring (bicyclic) bond motifs is 4. The lowest BCUT2D eigenvalue weighted by Gasteiger charge is -2.22. The quantitative estimate of drug-likeness (QED) is 0.238. The molecule has 0 saturated heterocycles. The zero-order valence-corrected chi connectivity index (χ0v) is 24.2. The van der Waals surface area contributed by atoms with E-state index in [9.17, 15) is 0 Å². The second-order valence-electron chi connectivity index (χ2n) is 13.3. The second-order valence-corrected chi connectivity index (χ2v) is 13.3. The van der Waals surface area contributed by atoms with Gasteiger partial charge < -0.3 is 0 Å². The van der Waals surface area contributed by atoms with Crippen molar-refractivity contribution < 1.29 is 0 Å². The minimum absolute atomic E-state index is 0.0849. The van der Waals surface area contributed by atoms with E-state index in [0.717, 1.165) is 28.9 Å². The third-order valence-corrected chi connectivity index (χ3v) is 9.13. The van der Waals surface area contributed by atoms with Crippen molar-refractivity contribution in [3.8, 4) is 45.3 Å². The fraction of sp³-hybridized carbons (Fsp3) is 0.270. The molecule has 2 aliphatic carbocycles. The first-order valence-electron chi connectivity index (χ1n) is 14.3. The van der Waals surface area contributed by atoms with Crippen LogP contribution in [0.3, 0.4) is 0 Å². The van der Waals surface area contributed by atoms with Crippen LogP contribution in [0.5, 0.6) is 0 Å². The van der Waals surface area contributed by atoms with E-state index in [1.807, 2.05) is 18.2 Å². The van der Waals surface area contributed by atoms with E-state index in [2.05, 4.69) is 114 Å². The van der Waals surface area contributed by atoms with Gasteiger partial charge in [0.15, 0.2) is 17.5 Å². The van der Waals surface area contributed by atoms with Gasteiger partial charge in [-0.1, -0.05) is 120 Å². The van der Waals surface area contributed by atoms with Crippen molar-refractivity contribution in [3.05, 3.63) is 113 Å². The van der Waals surface area contributed by atoms with Gasteiger partial charge in [-0.3, -0.25) is 0 Å². The van der Waals surface area contributed by atoms with Gasteiger partial charge >= 0.3 is 0 Å². The van der Waals surface area contributed by atoms with Crippen molar-refractivity contribution in [2.24, 2.45) is 0 Å². The molecule has 0 unspecified atom stereocenters. The molecule has 0 saturated carbocycles. The van der Waals surface area contributed by atoms with E-state index in [1.54, 1.807) is 0 Å². The fourth-order valence-electron chi connectivity index (χ4n) is 7.32. The summed E-state index contributed by atoms with van der Waals surface area (Å²) in [5, 5.41) is 0. The van der Waals surface area contributed by atoms with Gasteiger partial charge in [-0.15, -0.1) is 0 Å². The lowest BCUT2D eigenvalue weighted by Crippen LogP contribution is -2.17. The monoisotopic (exact) mass is 521 g/mol. The lowest BCUT2D eigenvalue weighted by atomic mass is 9.82. The highest BCUT2D eigenvalue weighted by Crippen LogP contribution is 2.51. The van der Waals surface area contributed by atoms with Crippen LogP contribution in [0.1, 0.15) is 70.2 Å². The summed E-state index contributed by atoms with van der Waals surface area (Å²) in [6.07, 6.45) is 1.13. The van der Waals surface area contributed by atoms with Crippen LogP contribution in [-0.2, 0) is 16.2 Å². The van der Waals surface area contributed by atoms with Crippen molar-refractivity contribution in [1.82, 2.24) is 15.0 Å². The predicted octanol–water partition coefficient (Wildman–Crippen LogP) is 9.14. The van der Waals surface area contributed by atoms with Gasteiger partial charge in [-0.05, 0) is 62.8 Å². The summed E-state index contributed by atoms with van der Waals surface area (Å²) in [7, 11) is 0. The Morgan fingerprint density at radius 3 is 1.68 bits per heavy atom. The molecule has 4 aromatic carbocycles. The van der Waals surface area contributed by atoms with Gasteiger partial charge in [-0.2, -0.15) is 0 Å². The Labute approximate surface area is 237 Å². The van der Waals surface area contributed by atoms with E-state index in [0.29, 0.717) is 11.6 Å². The summed E-state index contributed by atoms with van der Waals surface area (Å²) in [5.74, 6) is 2.12. The van der Waals surface area contributed by atoms with E-state index in [4.69, 9.17) is 15.0 Å². The van der Waals surface area contributed by atoms with Crippen molar-refractivity contribution in [2.45, 2.75) is 64.2 Å². The molecule has 40 heavy (non-hydrogen) atoms. The molecule has 0 amide bonds. The molecule has 0 N–H and O–H groups in total. The summed E-state index contributed by atoms with van der Waals surface area (Å²) < 4.78 is 0. The molecule has 1 aromatic heterocycles. The summed E-state index contributed by atoms with van der Waals surface area (Å²) in [6, 6.07) is 32.5. The van der Waals surface area contributed by atoms with E-state index in [1.165, 1.54) is 33.4 Å². The molecule has 0 spiro atoms. The maximum Gasteiger partial charge on any atom is 0.164 e. The van der Waals surface area contributed by atoms with Crippen molar-refractivity contribution in [3.63, 3.8) is 0 Å². The highest BCUT2D eigenvalue weighted by Gasteiger charge is 2.42. The zero-order chi connectivity index (χ0) is 27.9. The first-order valence-corrected chi connectivity index (χ1v) is 14.3. The number of aromatic nitrogens is 3. The van der Waals surface area contributed by atoms with Crippen LogP contribution in [0.25, 0.3) is 45.3 Å². The number of benzene rings is 4. The zero-order valence-electron chi connectivity index (χ0n) is 24.2. The van der Waals surface area contributed by atoms with E-state index >= 15 is 0 Å². The van der Waals surface area contributed by atoms with Gasteiger partial charge in [-0.25, -0.2) is 15.0 Å². The highest BCUT2D eigenvalue weighted by molar-refractivity contribution is 5.83. The third kappa shape index (κ3) is 3.75. The Morgan fingerprint density at radius 1 is 0.450 bits per heavy atom. The molecule has 5 aromatic rings. The first kappa shape index (κ1) is 24.9. The predicted molar refractivity (Wildman–Crippen MR) is 164 cm³/mol. The first-order chi connectivity index (χ1) is 19.0. The molecule has 3 nitrogen and oxygen atoms in total. The fourth-order valence-corrected chi connectivity index (χ4v) is 7.32. The molecule has 1 heterocycles. The number of hydrogen-bond donors (Lipinski definition) is 0. The number of hydrogen-bond acceptors (Lipinski definition) is 3. The molecular formula is C37H35N3. The van der Waals surface area contributed by atoms with Crippen LogP contribution in [0.2, 0.25) is 0 Å². The van der Waals surface area contributed by atoms with Crippen LogP contribution < -0.4 is 0 Å². The van der Waals surface area contributed by atoms with Crippen molar-refractivity contribution in [1.29, 1.82) is 0 Å². The topological polar surface area (TPSA) is 38.7 Å². The third-order valence-electron chi connectivity index (χ3n) is 9.13. The highest BCUT2D eigenvalue weighted by atomic mass is 15.0. The minimum atomic E-state index is -0.0849. The van der Waals surface area contributed by atoms with Crippen LogP contribution in [-0.4, -0.2) is 15.0 Å². The van der Waals surface area contributed by atoms with E-state index < -0.39 is 0 Å². The van der Waals surface area contributed by atoms with Gasteiger partial charge in [0.25, 0.3) is 0 Å². The maximum atomic E-state index is 5.11. The second kappa shape index (κ2) is 8.44. The van der Waals surface area contributed by atoms with Crippen LogP contribution >= 0.6 is 0 Å². The van der Waals surface area contributed by atoms with Gasteiger partial charge in [0.05, 0.1) is 0 Å². The van der Waals surface area contributed by atoms with E-state index in [-0.39, 0.29) is 16.2 Å². The molecule has 7 rings (SSSR count). The molecule has 0 atom stereocenters. The van der Waals surface area contributed by atoms with Crippen LogP contribution in [0, 0.1) is 0 Å². The smallest absolute Gasteiger partial charge is 0.164 e. The minimum Gasteiger partial charge on any atom is -0.208 e. The average Bonchev–Trinajstić information content (AvgIpc) is 3.30. The summed E-state index contributed by atoms with van der Waals surface area (Å²) in [6.45, 7) is 14.0. The molecule has 0 aliphatic heterocycles. The molecule has 2 aliphatic rings. The Balaban J connectivity index is 1.40. The van der Waals surface area contributed by atoms with Crippen molar-refractivity contribution >= 4 is 0 Å². The largest absolute Gasteiger partial charge is 0.208 e. The van der Waals surface area contributed by atoms with Gasteiger partial charge in [0.1, 0.15) is 0 Å². The Kier molecular flexibility index (Phi) is 5.26. The van der Waals surface area contributed by atoms with Crippen LogP contribution in [0.15, 0.2) is 91.0 Å². The molecule has 0 bridgehead atoms. The van der Waals surface area contributed by atoms with Gasteiger partial charge in [0, 0.05) is 22.1 Å². The molecule has 0 radical (unpaired) electrons. The van der Waals surface area contributed by atoms with Gasteiger partial charge in [0.2, 0.25) is 0 Å². The Morgan fingerprint density at radius 2 is 0.975 bits per heavy atom. The maximum absolute atomic E-state index is 5.11. The number of rotatable bonds is 3. The molecular weight excluding hydrogens is 486 g/mol. The van der Waals surface area contributed by atoms with Crippen molar-refractivity contribution in [2.75, 3.05) is 0 Å².